The fraction of sp³-hybridized carbons (Fsp3) is 0.889. The lowest BCUT2D eigenvalue weighted by Crippen LogP contribution is -2.51. The van der Waals surface area contributed by atoms with Crippen molar-refractivity contribution in [3.63, 3.8) is 0 Å². The van der Waals surface area contributed by atoms with Crippen molar-refractivity contribution in [3.8, 4) is 0 Å². The summed E-state index contributed by atoms with van der Waals surface area (Å²) in [6.45, 7) is 12.3. The number of ether oxygens (including phenoxy) is 2. The van der Waals surface area contributed by atoms with Crippen LogP contribution in [-0.4, -0.2) is 49.7 Å². The molecule has 0 saturated heterocycles. The number of rotatable bonds is 10. The second-order valence-corrected chi connectivity index (χ2v) is 6.64. The van der Waals surface area contributed by atoms with Gasteiger partial charge in [-0.2, -0.15) is 0 Å². The predicted octanol–water partition coefficient (Wildman–Crippen LogP) is 3.12. The van der Waals surface area contributed by atoms with Crippen LogP contribution >= 0.6 is 0 Å². The lowest BCUT2D eigenvalue weighted by Gasteiger charge is -2.39. The highest BCUT2D eigenvalue weighted by Gasteiger charge is 2.35. The first-order chi connectivity index (χ1) is 10.7. The Balaban J connectivity index is 5.31. The second kappa shape index (κ2) is 10.6. The molecule has 0 spiro atoms. The van der Waals surface area contributed by atoms with Crippen LogP contribution in [0.25, 0.3) is 0 Å². The van der Waals surface area contributed by atoms with Gasteiger partial charge in [0.15, 0.2) is 0 Å². The lowest BCUT2D eigenvalue weighted by atomic mass is 9.89. The van der Waals surface area contributed by atoms with E-state index in [4.69, 9.17) is 9.47 Å². The molecule has 1 unspecified atom stereocenters. The van der Waals surface area contributed by atoms with Gasteiger partial charge in [0, 0.05) is 20.1 Å². The third kappa shape index (κ3) is 6.50. The molecule has 5 nitrogen and oxygen atoms in total. The van der Waals surface area contributed by atoms with Crippen molar-refractivity contribution < 1.29 is 19.1 Å². The molecule has 0 radical (unpaired) electrons. The maximum absolute atomic E-state index is 12.7. The number of nitrogens with zero attached hydrogens (tertiary/aromatic N) is 1. The standard InChI is InChI=1S/C18H35NO4/c1-9-13(5)17(15(22-8)11-16(20)23-10-2)19(7)18(21)14(6)12(3)4/h12-15,17H,9-11H2,1-8H3/t13-,14-,15-,17?/m0/s1. The molecule has 0 aromatic rings. The molecular formula is C18H35NO4. The number of amides is 1. The molecular weight excluding hydrogens is 294 g/mol. The first kappa shape index (κ1) is 21.9. The maximum atomic E-state index is 12.7. The number of hydrogen-bond acceptors (Lipinski definition) is 4. The van der Waals surface area contributed by atoms with E-state index in [1.807, 2.05) is 27.8 Å². The summed E-state index contributed by atoms with van der Waals surface area (Å²) in [6, 6.07) is -0.150. The molecule has 0 aliphatic rings. The normalized spacial score (nSPS) is 16.6. The lowest BCUT2D eigenvalue weighted by molar-refractivity contribution is -0.151. The fourth-order valence-corrected chi connectivity index (χ4v) is 2.72. The molecule has 0 bridgehead atoms. The van der Waals surface area contributed by atoms with E-state index in [1.165, 1.54) is 0 Å². The Bertz CT molecular complexity index is 370. The molecule has 0 aliphatic carbocycles. The van der Waals surface area contributed by atoms with E-state index in [9.17, 15) is 9.59 Å². The molecule has 23 heavy (non-hydrogen) atoms. The largest absolute Gasteiger partial charge is 0.466 e. The van der Waals surface area contributed by atoms with Crippen molar-refractivity contribution in [2.24, 2.45) is 17.8 Å². The first-order valence-corrected chi connectivity index (χ1v) is 8.66. The molecule has 0 heterocycles. The number of esters is 1. The van der Waals surface area contributed by atoms with Gasteiger partial charge in [0.25, 0.3) is 0 Å². The minimum Gasteiger partial charge on any atom is -0.466 e. The fourth-order valence-electron chi connectivity index (χ4n) is 2.72. The van der Waals surface area contributed by atoms with E-state index >= 15 is 0 Å². The van der Waals surface area contributed by atoms with Crippen molar-refractivity contribution in [1.82, 2.24) is 4.90 Å². The topological polar surface area (TPSA) is 55.8 Å². The Kier molecular flexibility index (Phi) is 10.1. The Hall–Kier alpha value is -1.10. The Morgan fingerprint density at radius 1 is 1.09 bits per heavy atom. The van der Waals surface area contributed by atoms with Gasteiger partial charge >= 0.3 is 5.97 Å². The van der Waals surface area contributed by atoms with Crippen LogP contribution in [0.4, 0.5) is 0 Å². The van der Waals surface area contributed by atoms with E-state index in [0.717, 1.165) is 6.42 Å². The van der Waals surface area contributed by atoms with Crippen LogP contribution in [0.2, 0.25) is 0 Å². The molecule has 0 fully saturated rings. The summed E-state index contributed by atoms with van der Waals surface area (Å²) >= 11 is 0. The highest BCUT2D eigenvalue weighted by atomic mass is 16.5. The monoisotopic (exact) mass is 329 g/mol. The summed E-state index contributed by atoms with van der Waals surface area (Å²) in [5.41, 5.74) is 0. The zero-order valence-corrected chi connectivity index (χ0v) is 16.1. The Labute approximate surface area is 141 Å². The summed E-state index contributed by atoms with van der Waals surface area (Å²) in [6.07, 6.45) is 0.700. The maximum Gasteiger partial charge on any atom is 0.308 e. The van der Waals surface area contributed by atoms with Crippen molar-refractivity contribution in [1.29, 1.82) is 0 Å². The highest BCUT2D eigenvalue weighted by molar-refractivity contribution is 5.79. The zero-order valence-electron chi connectivity index (χ0n) is 16.1. The Morgan fingerprint density at radius 2 is 1.65 bits per heavy atom. The van der Waals surface area contributed by atoms with Gasteiger partial charge in [-0.3, -0.25) is 9.59 Å². The van der Waals surface area contributed by atoms with Gasteiger partial charge < -0.3 is 14.4 Å². The van der Waals surface area contributed by atoms with Gasteiger partial charge in [-0.1, -0.05) is 41.0 Å². The zero-order chi connectivity index (χ0) is 18.2. The third-order valence-corrected chi connectivity index (χ3v) is 4.77. The number of likely N-dealkylation sites (N-methyl/N-ethyl adjacent to an activating group) is 1. The molecule has 0 rings (SSSR count). The summed E-state index contributed by atoms with van der Waals surface area (Å²) in [5.74, 6) is 0.240. The van der Waals surface area contributed by atoms with Crippen molar-refractivity contribution >= 4 is 11.9 Å². The van der Waals surface area contributed by atoms with Gasteiger partial charge in [-0.05, 0) is 18.8 Å². The van der Waals surface area contributed by atoms with Gasteiger partial charge in [0.1, 0.15) is 0 Å². The van der Waals surface area contributed by atoms with E-state index in [1.54, 1.807) is 18.9 Å². The van der Waals surface area contributed by atoms with Crippen LogP contribution < -0.4 is 0 Å². The van der Waals surface area contributed by atoms with Gasteiger partial charge in [0.2, 0.25) is 5.91 Å². The second-order valence-electron chi connectivity index (χ2n) is 6.64. The molecule has 4 atom stereocenters. The average Bonchev–Trinajstić information content (AvgIpc) is 2.52. The molecule has 136 valence electrons. The third-order valence-electron chi connectivity index (χ3n) is 4.77. The van der Waals surface area contributed by atoms with E-state index in [2.05, 4.69) is 13.8 Å². The molecule has 0 N–H and O–H groups in total. The summed E-state index contributed by atoms with van der Waals surface area (Å²) in [7, 11) is 3.40. The van der Waals surface area contributed by atoms with Crippen molar-refractivity contribution in [2.45, 2.75) is 66.5 Å². The molecule has 5 heteroatoms. The van der Waals surface area contributed by atoms with Crippen LogP contribution in [0, 0.1) is 17.8 Å². The average molecular weight is 329 g/mol. The minimum atomic E-state index is -0.364. The number of methoxy groups -OCH3 is 1. The van der Waals surface area contributed by atoms with Crippen LogP contribution in [0.5, 0.6) is 0 Å². The van der Waals surface area contributed by atoms with Gasteiger partial charge in [-0.25, -0.2) is 0 Å². The van der Waals surface area contributed by atoms with Crippen LogP contribution in [0.3, 0.4) is 0 Å². The summed E-state index contributed by atoms with van der Waals surface area (Å²) in [5, 5.41) is 0. The number of carbonyl (C=O) groups excluding carboxylic acids is 2. The van der Waals surface area contributed by atoms with Crippen molar-refractivity contribution in [2.75, 3.05) is 20.8 Å². The molecule has 0 aromatic heterocycles. The highest BCUT2D eigenvalue weighted by Crippen LogP contribution is 2.24. The van der Waals surface area contributed by atoms with Crippen LogP contribution in [0.1, 0.15) is 54.4 Å². The number of hydrogen-bond donors (Lipinski definition) is 0. The SMILES string of the molecule is CCOC(=O)C[C@H](OC)C([C@@H](C)CC)N(C)C(=O)[C@@H](C)C(C)C. The smallest absolute Gasteiger partial charge is 0.308 e. The van der Waals surface area contributed by atoms with E-state index < -0.39 is 0 Å². The summed E-state index contributed by atoms with van der Waals surface area (Å²) in [4.78, 5) is 26.4. The molecule has 0 aliphatic heterocycles. The Morgan fingerprint density at radius 3 is 2.04 bits per heavy atom. The first-order valence-electron chi connectivity index (χ1n) is 8.66. The van der Waals surface area contributed by atoms with Crippen molar-refractivity contribution in [3.05, 3.63) is 0 Å². The molecule has 1 amide bonds. The van der Waals surface area contributed by atoms with E-state index in [0.29, 0.717) is 6.61 Å². The van der Waals surface area contributed by atoms with Crippen LogP contribution in [0.15, 0.2) is 0 Å². The van der Waals surface area contributed by atoms with Crippen LogP contribution in [-0.2, 0) is 19.1 Å². The summed E-state index contributed by atoms with van der Waals surface area (Å²) < 4.78 is 10.6. The molecule has 0 aromatic carbocycles. The number of carbonyl (C=O) groups is 2. The van der Waals surface area contributed by atoms with E-state index in [-0.39, 0.29) is 48.2 Å². The quantitative estimate of drug-likeness (QED) is 0.578. The minimum absolute atomic E-state index is 0.0633. The van der Waals surface area contributed by atoms with Gasteiger partial charge in [0.05, 0.1) is 25.2 Å². The predicted molar refractivity (Wildman–Crippen MR) is 92.1 cm³/mol. The van der Waals surface area contributed by atoms with Gasteiger partial charge in [-0.15, -0.1) is 0 Å². The molecule has 0 saturated carbocycles.